The summed E-state index contributed by atoms with van der Waals surface area (Å²) in [4.78, 5) is 27.3. The fourth-order valence-corrected chi connectivity index (χ4v) is 4.83. The van der Waals surface area contributed by atoms with Crippen LogP contribution in [0.5, 0.6) is 5.75 Å². The Bertz CT molecular complexity index is 1930. The summed E-state index contributed by atoms with van der Waals surface area (Å²) in [7, 11) is 0. The smallest absolute Gasteiger partial charge is 0.266 e. The van der Waals surface area contributed by atoms with E-state index in [4.69, 9.17) is 20.6 Å². The Labute approximate surface area is 228 Å². The molecule has 0 spiro atoms. The molecule has 0 bridgehead atoms. The van der Waals surface area contributed by atoms with Crippen molar-refractivity contribution in [2.24, 2.45) is 0 Å². The first-order valence-electron chi connectivity index (χ1n) is 12.9. The minimum atomic E-state index is -0.573. The second-order valence-corrected chi connectivity index (χ2v) is 9.70. The SMILES string of the molecule is CC(C)Oc1ccc(-c2nn([C@@H](C)c3nc4ccccc4c(=O)n3-c3ccccc3)c3ncnc(N)c23)cc1F. The number of nitrogens with two attached hydrogens (primary N) is 1. The molecule has 0 fully saturated rings. The average Bonchev–Trinajstić information content (AvgIpc) is 3.35. The van der Waals surface area contributed by atoms with Gasteiger partial charge in [-0.3, -0.25) is 9.36 Å². The summed E-state index contributed by atoms with van der Waals surface area (Å²) in [6.07, 6.45) is 1.17. The lowest BCUT2D eigenvalue weighted by Gasteiger charge is -2.19. The molecule has 0 saturated heterocycles. The van der Waals surface area contributed by atoms with Crippen LogP contribution in [0.25, 0.3) is 38.9 Å². The Morgan fingerprint density at radius 3 is 2.45 bits per heavy atom. The number of rotatable bonds is 6. The zero-order valence-corrected chi connectivity index (χ0v) is 22.1. The van der Waals surface area contributed by atoms with Crippen molar-refractivity contribution in [3.8, 4) is 22.7 Å². The molecule has 40 heavy (non-hydrogen) atoms. The van der Waals surface area contributed by atoms with Crippen molar-refractivity contribution in [3.05, 3.63) is 101 Å². The van der Waals surface area contributed by atoms with Gasteiger partial charge in [-0.25, -0.2) is 24.0 Å². The van der Waals surface area contributed by atoms with Crippen molar-refractivity contribution >= 4 is 27.8 Å². The van der Waals surface area contributed by atoms with Crippen molar-refractivity contribution < 1.29 is 9.13 Å². The van der Waals surface area contributed by atoms with Gasteiger partial charge in [0.2, 0.25) is 0 Å². The topological polar surface area (TPSA) is 114 Å². The molecule has 2 N–H and O–H groups in total. The third kappa shape index (κ3) is 4.23. The molecule has 0 amide bonds. The molecule has 0 radical (unpaired) electrons. The van der Waals surface area contributed by atoms with Gasteiger partial charge in [-0.15, -0.1) is 0 Å². The monoisotopic (exact) mass is 535 g/mol. The van der Waals surface area contributed by atoms with Crippen LogP contribution in [0.15, 0.2) is 83.9 Å². The third-order valence-electron chi connectivity index (χ3n) is 6.64. The molecule has 6 rings (SSSR count). The average molecular weight is 536 g/mol. The van der Waals surface area contributed by atoms with Crippen LogP contribution in [-0.2, 0) is 0 Å². The van der Waals surface area contributed by atoms with E-state index in [1.807, 2.05) is 63.2 Å². The minimum absolute atomic E-state index is 0.146. The van der Waals surface area contributed by atoms with Crippen LogP contribution in [-0.4, -0.2) is 35.4 Å². The van der Waals surface area contributed by atoms with E-state index in [0.29, 0.717) is 44.7 Å². The van der Waals surface area contributed by atoms with E-state index in [1.54, 1.807) is 33.5 Å². The minimum Gasteiger partial charge on any atom is -0.488 e. The maximum atomic E-state index is 15.0. The molecule has 9 nitrogen and oxygen atoms in total. The molecule has 0 unspecified atom stereocenters. The number of ether oxygens (including phenoxy) is 1. The number of fused-ring (bicyclic) bond motifs is 2. The second-order valence-electron chi connectivity index (χ2n) is 9.70. The molecule has 200 valence electrons. The van der Waals surface area contributed by atoms with Crippen LogP contribution in [0.1, 0.15) is 32.6 Å². The fourth-order valence-electron chi connectivity index (χ4n) is 4.83. The standard InChI is InChI=1S/C30H26FN7O2/c1-17(2)40-24-14-13-19(15-22(24)31)26-25-27(32)33-16-34-29(25)38(36-26)18(3)28-35-23-12-8-7-11-21(23)30(39)37(28)20-9-5-4-6-10-20/h4-18H,1-3H3,(H2,32,33,34)/t18-/m0/s1. The van der Waals surface area contributed by atoms with E-state index >= 15 is 0 Å². The van der Waals surface area contributed by atoms with Gasteiger partial charge < -0.3 is 10.5 Å². The van der Waals surface area contributed by atoms with Crippen LogP contribution in [0.2, 0.25) is 0 Å². The molecule has 3 aromatic carbocycles. The largest absolute Gasteiger partial charge is 0.488 e. The van der Waals surface area contributed by atoms with Gasteiger partial charge in [-0.1, -0.05) is 30.3 Å². The van der Waals surface area contributed by atoms with E-state index < -0.39 is 11.9 Å². The van der Waals surface area contributed by atoms with Crippen LogP contribution in [0, 0.1) is 5.82 Å². The number of hydrogen-bond acceptors (Lipinski definition) is 7. The first-order valence-corrected chi connectivity index (χ1v) is 12.9. The summed E-state index contributed by atoms with van der Waals surface area (Å²) in [6, 6.07) is 20.6. The number of hydrogen-bond donors (Lipinski definition) is 1. The van der Waals surface area contributed by atoms with Gasteiger partial charge in [-0.2, -0.15) is 5.10 Å². The first-order chi connectivity index (χ1) is 19.3. The lowest BCUT2D eigenvalue weighted by atomic mass is 10.1. The normalized spacial score (nSPS) is 12.3. The Morgan fingerprint density at radius 1 is 0.950 bits per heavy atom. The van der Waals surface area contributed by atoms with Crippen molar-refractivity contribution in [1.29, 1.82) is 0 Å². The van der Waals surface area contributed by atoms with Gasteiger partial charge in [0.15, 0.2) is 17.2 Å². The van der Waals surface area contributed by atoms with Crippen LogP contribution in [0.4, 0.5) is 10.2 Å². The lowest BCUT2D eigenvalue weighted by Crippen LogP contribution is -2.27. The van der Waals surface area contributed by atoms with Gasteiger partial charge in [0.25, 0.3) is 5.56 Å². The molecular formula is C30H26FN7O2. The molecule has 0 aliphatic heterocycles. The summed E-state index contributed by atoms with van der Waals surface area (Å²) >= 11 is 0. The summed E-state index contributed by atoms with van der Waals surface area (Å²) < 4.78 is 23.8. The lowest BCUT2D eigenvalue weighted by molar-refractivity contribution is 0.231. The fraction of sp³-hybridized carbons (Fsp3) is 0.167. The van der Waals surface area contributed by atoms with Gasteiger partial charge >= 0.3 is 0 Å². The van der Waals surface area contributed by atoms with E-state index in [1.165, 1.54) is 12.4 Å². The van der Waals surface area contributed by atoms with E-state index in [-0.39, 0.29) is 23.2 Å². The summed E-state index contributed by atoms with van der Waals surface area (Å²) in [6.45, 7) is 5.54. The molecule has 6 aromatic rings. The first kappa shape index (κ1) is 25.2. The molecule has 0 aliphatic carbocycles. The predicted octanol–water partition coefficient (Wildman–Crippen LogP) is 5.31. The molecule has 1 atom stereocenters. The Kier molecular flexibility index (Phi) is 6.22. The van der Waals surface area contributed by atoms with Crippen molar-refractivity contribution in [3.63, 3.8) is 0 Å². The Hall–Kier alpha value is -5.12. The molecule has 0 saturated carbocycles. The summed E-state index contributed by atoms with van der Waals surface area (Å²) in [5, 5.41) is 5.82. The highest BCUT2D eigenvalue weighted by molar-refractivity contribution is 5.98. The summed E-state index contributed by atoms with van der Waals surface area (Å²) in [5.41, 5.74) is 8.66. The molecular weight excluding hydrogens is 509 g/mol. The number of aromatic nitrogens is 6. The van der Waals surface area contributed by atoms with Crippen LogP contribution >= 0.6 is 0 Å². The Balaban J connectivity index is 1.58. The van der Waals surface area contributed by atoms with Crippen LogP contribution < -0.4 is 16.0 Å². The number of nitrogen functional groups attached to an aromatic ring is 1. The number of para-hydroxylation sites is 2. The van der Waals surface area contributed by atoms with E-state index in [2.05, 4.69) is 9.97 Å². The highest BCUT2D eigenvalue weighted by Crippen LogP contribution is 2.35. The summed E-state index contributed by atoms with van der Waals surface area (Å²) in [5.74, 6) is 0.280. The number of halogens is 1. The van der Waals surface area contributed by atoms with E-state index in [9.17, 15) is 9.18 Å². The third-order valence-corrected chi connectivity index (χ3v) is 6.64. The van der Waals surface area contributed by atoms with Crippen LogP contribution in [0.3, 0.4) is 0 Å². The zero-order chi connectivity index (χ0) is 28.0. The quantitative estimate of drug-likeness (QED) is 0.307. The van der Waals surface area contributed by atoms with Gasteiger partial charge in [0.05, 0.1) is 28.1 Å². The molecule has 0 aliphatic rings. The highest BCUT2D eigenvalue weighted by Gasteiger charge is 2.25. The maximum Gasteiger partial charge on any atom is 0.266 e. The van der Waals surface area contributed by atoms with Crippen molar-refractivity contribution in [2.45, 2.75) is 32.9 Å². The van der Waals surface area contributed by atoms with Gasteiger partial charge in [-0.05, 0) is 63.2 Å². The maximum absolute atomic E-state index is 15.0. The zero-order valence-electron chi connectivity index (χ0n) is 22.1. The van der Waals surface area contributed by atoms with Crippen molar-refractivity contribution in [2.75, 3.05) is 5.73 Å². The van der Waals surface area contributed by atoms with Crippen molar-refractivity contribution in [1.82, 2.24) is 29.3 Å². The van der Waals surface area contributed by atoms with E-state index in [0.717, 1.165) is 0 Å². The Morgan fingerprint density at radius 2 is 1.70 bits per heavy atom. The predicted molar refractivity (Wildman–Crippen MR) is 152 cm³/mol. The second kappa shape index (κ2) is 9.88. The number of nitrogens with zero attached hydrogens (tertiary/aromatic N) is 6. The number of anilines is 1. The molecule has 3 heterocycles. The molecule has 10 heteroatoms. The van der Waals surface area contributed by atoms with Gasteiger partial charge in [0.1, 0.15) is 29.7 Å². The number of benzene rings is 3. The molecule has 3 aromatic heterocycles. The van der Waals surface area contributed by atoms with Gasteiger partial charge in [0, 0.05) is 5.56 Å². The highest BCUT2D eigenvalue weighted by atomic mass is 19.1.